The van der Waals surface area contributed by atoms with Crippen LogP contribution in [-0.4, -0.2) is 33.0 Å². The summed E-state index contributed by atoms with van der Waals surface area (Å²) in [5, 5.41) is 0. The van der Waals surface area contributed by atoms with Crippen LogP contribution in [0.15, 0.2) is 22.7 Å². The molecule has 2 N–H and O–H groups in total. The Bertz CT molecular complexity index is 363. The van der Waals surface area contributed by atoms with Gasteiger partial charge in [-0.1, -0.05) is 15.9 Å². The van der Waals surface area contributed by atoms with E-state index in [1.807, 2.05) is 0 Å². The maximum Gasteiger partial charge on any atom is 0.123 e. The second kappa shape index (κ2) is 8.58. The van der Waals surface area contributed by atoms with Crippen LogP contribution in [0.4, 0.5) is 4.39 Å². The molecule has 0 amide bonds. The first-order chi connectivity index (χ1) is 8.63. The fourth-order valence-electron chi connectivity index (χ4n) is 1.56. The Balaban J connectivity index is 2.30. The van der Waals surface area contributed by atoms with Gasteiger partial charge in [0.2, 0.25) is 0 Å². The molecule has 0 spiro atoms. The number of halogens is 2. The summed E-state index contributed by atoms with van der Waals surface area (Å²) in [6.07, 6.45) is 1.37. The van der Waals surface area contributed by atoms with E-state index in [1.165, 1.54) is 12.1 Å². The van der Waals surface area contributed by atoms with E-state index in [-0.39, 0.29) is 11.9 Å². The van der Waals surface area contributed by atoms with E-state index in [0.29, 0.717) is 26.2 Å². The van der Waals surface area contributed by atoms with Crippen molar-refractivity contribution >= 4 is 15.9 Å². The van der Waals surface area contributed by atoms with Crippen molar-refractivity contribution in [2.75, 3.05) is 26.9 Å². The normalized spacial score (nSPS) is 12.7. The van der Waals surface area contributed by atoms with E-state index in [1.54, 1.807) is 13.2 Å². The van der Waals surface area contributed by atoms with Gasteiger partial charge in [0.25, 0.3) is 0 Å². The van der Waals surface area contributed by atoms with E-state index in [4.69, 9.17) is 15.2 Å². The molecule has 0 saturated heterocycles. The van der Waals surface area contributed by atoms with Crippen LogP contribution in [0, 0.1) is 5.82 Å². The molecule has 3 nitrogen and oxygen atoms in total. The predicted molar refractivity (Wildman–Crippen MR) is 73.1 cm³/mol. The Morgan fingerprint density at radius 3 is 2.83 bits per heavy atom. The zero-order valence-electron chi connectivity index (χ0n) is 10.5. The van der Waals surface area contributed by atoms with Gasteiger partial charge in [-0.25, -0.2) is 4.39 Å². The SMILES string of the molecule is COCCOCCC(N)Cc1cc(F)ccc1Br. The Labute approximate surface area is 116 Å². The Morgan fingerprint density at radius 1 is 1.33 bits per heavy atom. The minimum atomic E-state index is -0.239. The van der Waals surface area contributed by atoms with Crippen molar-refractivity contribution in [3.05, 3.63) is 34.1 Å². The topological polar surface area (TPSA) is 44.5 Å². The summed E-state index contributed by atoms with van der Waals surface area (Å²) in [6.45, 7) is 1.76. The monoisotopic (exact) mass is 319 g/mol. The summed E-state index contributed by atoms with van der Waals surface area (Å²) in [6, 6.07) is 4.60. The molecule has 102 valence electrons. The number of rotatable bonds is 8. The molecule has 0 aliphatic heterocycles. The summed E-state index contributed by atoms with van der Waals surface area (Å²) < 4.78 is 24.2. The fourth-order valence-corrected chi connectivity index (χ4v) is 1.97. The van der Waals surface area contributed by atoms with Crippen LogP contribution in [0.1, 0.15) is 12.0 Å². The highest BCUT2D eigenvalue weighted by atomic mass is 79.9. The van der Waals surface area contributed by atoms with E-state index in [0.717, 1.165) is 16.5 Å². The molecule has 0 saturated carbocycles. The number of nitrogens with two attached hydrogens (primary N) is 1. The largest absolute Gasteiger partial charge is 0.382 e. The van der Waals surface area contributed by atoms with Gasteiger partial charge < -0.3 is 15.2 Å². The molecule has 1 aromatic rings. The number of hydrogen-bond donors (Lipinski definition) is 1. The molecule has 5 heteroatoms. The van der Waals surface area contributed by atoms with Crippen LogP contribution in [0.25, 0.3) is 0 Å². The molecular formula is C13H19BrFNO2. The molecule has 1 atom stereocenters. The highest BCUT2D eigenvalue weighted by Crippen LogP contribution is 2.19. The van der Waals surface area contributed by atoms with Crippen molar-refractivity contribution in [2.45, 2.75) is 18.9 Å². The Morgan fingerprint density at radius 2 is 2.11 bits per heavy atom. The zero-order valence-corrected chi connectivity index (χ0v) is 12.1. The second-order valence-corrected chi connectivity index (χ2v) is 4.95. The van der Waals surface area contributed by atoms with Crippen LogP contribution in [0.2, 0.25) is 0 Å². The average molecular weight is 320 g/mol. The minimum Gasteiger partial charge on any atom is -0.382 e. The lowest BCUT2D eigenvalue weighted by molar-refractivity contribution is 0.0672. The van der Waals surface area contributed by atoms with Crippen molar-refractivity contribution < 1.29 is 13.9 Å². The summed E-state index contributed by atoms with van der Waals surface area (Å²) >= 11 is 3.39. The van der Waals surface area contributed by atoms with Crippen molar-refractivity contribution in [3.8, 4) is 0 Å². The van der Waals surface area contributed by atoms with Crippen molar-refractivity contribution in [3.63, 3.8) is 0 Å². The third-order valence-electron chi connectivity index (χ3n) is 2.55. The first-order valence-electron chi connectivity index (χ1n) is 5.89. The van der Waals surface area contributed by atoms with Gasteiger partial charge in [0.1, 0.15) is 5.82 Å². The van der Waals surface area contributed by atoms with Crippen molar-refractivity contribution in [2.24, 2.45) is 5.73 Å². The van der Waals surface area contributed by atoms with Gasteiger partial charge >= 0.3 is 0 Å². The maximum atomic E-state index is 13.1. The lowest BCUT2D eigenvalue weighted by Crippen LogP contribution is -2.25. The molecule has 1 aromatic carbocycles. The predicted octanol–water partition coefficient (Wildman–Crippen LogP) is 2.51. The molecule has 1 rings (SSSR count). The minimum absolute atomic E-state index is 0.0364. The summed E-state index contributed by atoms with van der Waals surface area (Å²) in [5.74, 6) is -0.239. The first kappa shape index (κ1) is 15.6. The lowest BCUT2D eigenvalue weighted by atomic mass is 10.0. The van der Waals surface area contributed by atoms with E-state index >= 15 is 0 Å². The van der Waals surface area contributed by atoms with Crippen LogP contribution in [0.3, 0.4) is 0 Å². The molecule has 0 heterocycles. The highest BCUT2D eigenvalue weighted by Gasteiger charge is 2.08. The van der Waals surface area contributed by atoms with Crippen molar-refractivity contribution in [1.29, 1.82) is 0 Å². The smallest absolute Gasteiger partial charge is 0.123 e. The van der Waals surface area contributed by atoms with Crippen LogP contribution in [-0.2, 0) is 15.9 Å². The number of hydrogen-bond acceptors (Lipinski definition) is 3. The summed E-state index contributed by atoms with van der Waals surface area (Å²) in [7, 11) is 1.64. The van der Waals surface area contributed by atoms with Gasteiger partial charge in [0, 0.05) is 24.2 Å². The van der Waals surface area contributed by atoms with Gasteiger partial charge in [0.15, 0.2) is 0 Å². The van der Waals surface area contributed by atoms with Crippen molar-refractivity contribution in [1.82, 2.24) is 0 Å². The number of benzene rings is 1. The molecule has 0 aliphatic rings. The third kappa shape index (κ3) is 5.91. The van der Waals surface area contributed by atoms with Crippen LogP contribution < -0.4 is 5.73 Å². The molecule has 0 fully saturated rings. The Kier molecular flexibility index (Phi) is 7.42. The molecule has 0 radical (unpaired) electrons. The number of ether oxygens (including phenoxy) is 2. The Hall–Kier alpha value is -0.490. The molecule has 0 aromatic heterocycles. The van der Waals surface area contributed by atoms with E-state index < -0.39 is 0 Å². The molecule has 0 bridgehead atoms. The first-order valence-corrected chi connectivity index (χ1v) is 6.69. The number of methoxy groups -OCH3 is 1. The third-order valence-corrected chi connectivity index (χ3v) is 3.33. The molecule has 1 unspecified atom stereocenters. The fraction of sp³-hybridized carbons (Fsp3) is 0.538. The van der Waals surface area contributed by atoms with Gasteiger partial charge in [-0.05, 0) is 36.6 Å². The maximum absolute atomic E-state index is 13.1. The molecule has 0 aliphatic carbocycles. The molecular weight excluding hydrogens is 301 g/mol. The van der Waals surface area contributed by atoms with Crippen LogP contribution >= 0.6 is 15.9 Å². The summed E-state index contributed by atoms with van der Waals surface area (Å²) in [5.41, 5.74) is 6.87. The second-order valence-electron chi connectivity index (χ2n) is 4.09. The van der Waals surface area contributed by atoms with Gasteiger partial charge in [-0.3, -0.25) is 0 Å². The average Bonchev–Trinajstić information content (AvgIpc) is 2.33. The van der Waals surface area contributed by atoms with Gasteiger partial charge in [-0.15, -0.1) is 0 Å². The van der Waals surface area contributed by atoms with Gasteiger partial charge in [-0.2, -0.15) is 0 Å². The van der Waals surface area contributed by atoms with Gasteiger partial charge in [0.05, 0.1) is 13.2 Å². The van der Waals surface area contributed by atoms with E-state index in [9.17, 15) is 4.39 Å². The van der Waals surface area contributed by atoms with E-state index in [2.05, 4.69) is 15.9 Å². The quantitative estimate of drug-likeness (QED) is 0.749. The van der Waals surface area contributed by atoms with Crippen LogP contribution in [0.5, 0.6) is 0 Å². The zero-order chi connectivity index (χ0) is 13.4. The molecule has 18 heavy (non-hydrogen) atoms. The highest BCUT2D eigenvalue weighted by molar-refractivity contribution is 9.10. The summed E-state index contributed by atoms with van der Waals surface area (Å²) in [4.78, 5) is 0. The lowest BCUT2D eigenvalue weighted by Gasteiger charge is -2.13. The standard InChI is InChI=1S/C13H19BrFNO2/c1-17-6-7-18-5-4-12(16)9-10-8-11(15)2-3-13(10)14/h2-3,8,12H,4-7,9,16H2,1H3.